The molecule has 0 spiro atoms. The molecular formula is C26H47N. The fraction of sp³-hybridized carbons (Fsp3) is 1.00. The minimum atomic E-state index is 0.663. The van der Waals surface area contributed by atoms with Gasteiger partial charge in [-0.1, -0.05) is 33.6 Å². The van der Waals surface area contributed by atoms with Crippen molar-refractivity contribution < 1.29 is 0 Å². The zero-order valence-corrected chi connectivity index (χ0v) is 19.1. The van der Waals surface area contributed by atoms with E-state index in [1.807, 2.05) is 0 Å². The van der Waals surface area contributed by atoms with E-state index in [2.05, 4.69) is 39.8 Å². The lowest BCUT2D eigenvalue weighted by molar-refractivity contribution is -0.114. The Kier molecular flexibility index (Phi) is 5.74. The first-order chi connectivity index (χ1) is 12.9. The molecule has 0 amide bonds. The molecule has 27 heavy (non-hydrogen) atoms. The average Bonchev–Trinajstić information content (AvgIpc) is 2.98. The van der Waals surface area contributed by atoms with Crippen LogP contribution in [0.25, 0.3) is 0 Å². The van der Waals surface area contributed by atoms with Crippen LogP contribution in [0.15, 0.2) is 0 Å². The second kappa shape index (κ2) is 7.66. The summed E-state index contributed by atoms with van der Waals surface area (Å²) in [7, 11) is 4.45. The zero-order chi connectivity index (χ0) is 19.2. The lowest BCUT2D eigenvalue weighted by Gasteiger charge is -2.61. The van der Waals surface area contributed by atoms with Crippen molar-refractivity contribution in [3.8, 4) is 0 Å². The molecule has 8 atom stereocenters. The normalized spacial score (nSPS) is 48.0. The van der Waals surface area contributed by atoms with Gasteiger partial charge in [-0.05, 0) is 131 Å². The lowest BCUT2D eigenvalue weighted by Crippen LogP contribution is -2.53. The van der Waals surface area contributed by atoms with E-state index in [1.165, 1.54) is 38.6 Å². The van der Waals surface area contributed by atoms with E-state index in [9.17, 15) is 0 Å². The molecule has 4 rings (SSSR count). The first-order valence-corrected chi connectivity index (χ1v) is 12.5. The zero-order valence-electron chi connectivity index (χ0n) is 19.1. The number of rotatable bonds is 5. The van der Waals surface area contributed by atoms with Gasteiger partial charge in [0.25, 0.3) is 0 Å². The number of hydrogen-bond donors (Lipinski definition) is 0. The Morgan fingerprint density at radius 3 is 2.41 bits per heavy atom. The Morgan fingerprint density at radius 1 is 0.852 bits per heavy atom. The molecular weight excluding hydrogens is 326 g/mol. The number of hydrogen-bond acceptors (Lipinski definition) is 1. The number of nitrogens with zero attached hydrogens (tertiary/aromatic N) is 1. The van der Waals surface area contributed by atoms with Crippen LogP contribution in [0.2, 0.25) is 0 Å². The molecule has 4 aliphatic carbocycles. The fourth-order valence-electron chi connectivity index (χ4n) is 9.20. The summed E-state index contributed by atoms with van der Waals surface area (Å²) in [5.41, 5.74) is 1.37. The van der Waals surface area contributed by atoms with Gasteiger partial charge in [-0.15, -0.1) is 0 Å². The second-order valence-corrected chi connectivity index (χ2v) is 12.1. The van der Waals surface area contributed by atoms with Crippen LogP contribution in [0.4, 0.5) is 0 Å². The molecule has 0 radical (unpaired) electrons. The standard InChI is InChI=1S/C26H47N/c1-19(9-8-18-27(4)5)22-13-14-23-21-12-11-20-10-6-7-16-25(20,2)24(21)15-17-26(22,23)3/h19-24H,6-18H2,1-5H3/t19?,20-,21?,22-,23?,24?,25?,26?/m1/s1. The molecule has 0 aliphatic heterocycles. The first-order valence-electron chi connectivity index (χ1n) is 12.5. The Morgan fingerprint density at radius 2 is 1.63 bits per heavy atom. The minimum Gasteiger partial charge on any atom is -0.309 e. The van der Waals surface area contributed by atoms with E-state index < -0.39 is 0 Å². The fourth-order valence-corrected chi connectivity index (χ4v) is 9.20. The minimum absolute atomic E-state index is 0.663. The summed E-state index contributed by atoms with van der Waals surface area (Å²) >= 11 is 0. The van der Waals surface area contributed by atoms with Crippen LogP contribution < -0.4 is 0 Å². The second-order valence-electron chi connectivity index (χ2n) is 12.1. The highest BCUT2D eigenvalue weighted by atomic mass is 15.0. The van der Waals surface area contributed by atoms with Gasteiger partial charge in [0, 0.05) is 0 Å². The molecule has 0 heterocycles. The van der Waals surface area contributed by atoms with E-state index in [0.717, 1.165) is 35.5 Å². The molecule has 0 bridgehead atoms. The summed E-state index contributed by atoms with van der Waals surface area (Å²) < 4.78 is 0. The first kappa shape index (κ1) is 20.2. The summed E-state index contributed by atoms with van der Waals surface area (Å²) in [5, 5.41) is 0. The summed E-state index contributed by atoms with van der Waals surface area (Å²) in [4.78, 5) is 2.36. The quantitative estimate of drug-likeness (QED) is 0.501. The highest BCUT2D eigenvalue weighted by molar-refractivity contribution is 5.09. The predicted molar refractivity (Wildman–Crippen MR) is 117 cm³/mol. The monoisotopic (exact) mass is 373 g/mol. The van der Waals surface area contributed by atoms with Gasteiger partial charge < -0.3 is 4.90 Å². The van der Waals surface area contributed by atoms with Crippen molar-refractivity contribution in [1.29, 1.82) is 0 Å². The van der Waals surface area contributed by atoms with Gasteiger partial charge in [-0.3, -0.25) is 0 Å². The lowest BCUT2D eigenvalue weighted by atomic mass is 9.44. The average molecular weight is 374 g/mol. The Bertz CT molecular complexity index is 512. The molecule has 0 aromatic rings. The van der Waals surface area contributed by atoms with Crippen LogP contribution >= 0.6 is 0 Å². The largest absolute Gasteiger partial charge is 0.309 e. The van der Waals surface area contributed by atoms with Crippen molar-refractivity contribution in [2.45, 2.75) is 97.8 Å². The molecule has 1 heteroatoms. The van der Waals surface area contributed by atoms with Gasteiger partial charge in [0.15, 0.2) is 0 Å². The summed E-state index contributed by atoms with van der Waals surface area (Å²) in [6.07, 6.45) is 18.3. The smallest absolute Gasteiger partial charge is 0.00247 e. The highest BCUT2D eigenvalue weighted by Crippen LogP contribution is 2.68. The molecule has 0 aromatic heterocycles. The van der Waals surface area contributed by atoms with E-state index in [-0.39, 0.29) is 0 Å². The summed E-state index contributed by atoms with van der Waals surface area (Å²) in [6.45, 7) is 9.33. The van der Waals surface area contributed by atoms with Gasteiger partial charge in [-0.25, -0.2) is 0 Å². The third-order valence-corrected chi connectivity index (χ3v) is 10.6. The van der Waals surface area contributed by atoms with Gasteiger partial charge in [0.2, 0.25) is 0 Å². The maximum absolute atomic E-state index is 2.74. The third-order valence-electron chi connectivity index (χ3n) is 10.6. The van der Waals surface area contributed by atoms with E-state index in [4.69, 9.17) is 0 Å². The van der Waals surface area contributed by atoms with Crippen molar-refractivity contribution >= 4 is 0 Å². The molecule has 4 aliphatic rings. The molecule has 4 fully saturated rings. The van der Waals surface area contributed by atoms with Crippen molar-refractivity contribution in [2.75, 3.05) is 20.6 Å². The third kappa shape index (κ3) is 3.43. The Balaban J connectivity index is 1.46. The molecule has 0 aromatic carbocycles. The van der Waals surface area contributed by atoms with Crippen LogP contribution in [0, 0.1) is 46.3 Å². The van der Waals surface area contributed by atoms with E-state index in [1.54, 1.807) is 44.9 Å². The van der Waals surface area contributed by atoms with Crippen LogP contribution in [0.1, 0.15) is 97.8 Å². The van der Waals surface area contributed by atoms with Crippen molar-refractivity contribution in [3.63, 3.8) is 0 Å². The van der Waals surface area contributed by atoms with Crippen molar-refractivity contribution in [1.82, 2.24) is 4.90 Å². The van der Waals surface area contributed by atoms with E-state index in [0.29, 0.717) is 10.8 Å². The van der Waals surface area contributed by atoms with Gasteiger partial charge in [0.05, 0.1) is 0 Å². The molecule has 156 valence electrons. The Hall–Kier alpha value is -0.0400. The molecule has 0 saturated heterocycles. The SMILES string of the molecule is CC(CCCN(C)C)[C@H]1CCC2C3CC[C@H]4CCCCC4(C)C3CCC21C. The van der Waals surface area contributed by atoms with Crippen LogP contribution in [0.5, 0.6) is 0 Å². The molecule has 4 saturated carbocycles. The van der Waals surface area contributed by atoms with E-state index >= 15 is 0 Å². The van der Waals surface area contributed by atoms with Gasteiger partial charge in [-0.2, -0.15) is 0 Å². The number of fused-ring (bicyclic) bond motifs is 5. The topological polar surface area (TPSA) is 3.24 Å². The van der Waals surface area contributed by atoms with Gasteiger partial charge in [0.1, 0.15) is 0 Å². The Labute approximate surface area is 170 Å². The summed E-state index contributed by atoms with van der Waals surface area (Å²) in [5.74, 6) is 6.19. The molecule has 0 N–H and O–H groups in total. The molecule has 1 nitrogen and oxygen atoms in total. The maximum Gasteiger partial charge on any atom is -0.00247 e. The van der Waals surface area contributed by atoms with Gasteiger partial charge >= 0.3 is 0 Å². The van der Waals surface area contributed by atoms with Crippen LogP contribution in [-0.2, 0) is 0 Å². The highest BCUT2D eigenvalue weighted by Gasteiger charge is 2.59. The van der Waals surface area contributed by atoms with Crippen molar-refractivity contribution in [3.05, 3.63) is 0 Å². The maximum atomic E-state index is 2.74. The van der Waals surface area contributed by atoms with Crippen LogP contribution in [-0.4, -0.2) is 25.5 Å². The summed E-state index contributed by atoms with van der Waals surface area (Å²) in [6, 6.07) is 0. The predicted octanol–water partition coefficient (Wildman–Crippen LogP) is 7.01. The van der Waals surface area contributed by atoms with Crippen molar-refractivity contribution in [2.24, 2.45) is 46.3 Å². The van der Waals surface area contributed by atoms with Crippen LogP contribution in [0.3, 0.4) is 0 Å². The molecule has 6 unspecified atom stereocenters.